The number of halogens is 3. The Kier molecular flexibility index (Phi) is 6.78. The number of likely N-dealkylation sites (tertiary alicyclic amines) is 1. The number of piperidine rings is 1. The van der Waals surface area contributed by atoms with Crippen LogP contribution in [-0.2, 0) is 17.4 Å². The molecule has 0 amide bonds. The van der Waals surface area contributed by atoms with Gasteiger partial charge in [-0.3, -0.25) is 4.79 Å². The fourth-order valence-electron chi connectivity index (χ4n) is 4.40. The first-order valence-electron chi connectivity index (χ1n) is 10.0. The molecular formula is C21H29F3N2O2. The number of carbonyl (C=O) groups is 1. The number of ketones is 1. The lowest BCUT2D eigenvalue weighted by Crippen LogP contribution is -2.40. The van der Waals surface area contributed by atoms with Gasteiger partial charge in [0, 0.05) is 25.9 Å². The Morgan fingerprint density at radius 3 is 2.46 bits per heavy atom. The smallest absolute Gasteiger partial charge is 0.392 e. The highest BCUT2D eigenvalue weighted by atomic mass is 19.4. The molecule has 28 heavy (non-hydrogen) atoms. The molecular weight excluding hydrogens is 369 g/mol. The summed E-state index contributed by atoms with van der Waals surface area (Å²) in [5, 5.41) is 13.1. The molecule has 0 aromatic heterocycles. The minimum Gasteiger partial charge on any atom is -0.392 e. The van der Waals surface area contributed by atoms with Gasteiger partial charge < -0.3 is 15.3 Å². The number of benzene rings is 1. The lowest BCUT2D eigenvalue weighted by atomic mass is 9.72. The Morgan fingerprint density at radius 2 is 1.89 bits per heavy atom. The highest BCUT2D eigenvalue weighted by molar-refractivity contribution is 5.81. The van der Waals surface area contributed by atoms with Gasteiger partial charge in [-0.25, -0.2) is 0 Å². The van der Waals surface area contributed by atoms with Gasteiger partial charge in [0.05, 0.1) is 11.7 Å². The van der Waals surface area contributed by atoms with Crippen LogP contribution in [0.4, 0.5) is 13.2 Å². The molecule has 0 radical (unpaired) electrons. The highest BCUT2D eigenvalue weighted by Gasteiger charge is 2.35. The van der Waals surface area contributed by atoms with Crippen molar-refractivity contribution in [2.75, 3.05) is 32.7 Å². The monoisotopic (exact) mass is 398 g/mol. The van der Waals surface area contributed by atoms with Crippen LogP contribution in [0.25, 0.3) is 0 Å². The average molecular weight is 398 g/mol. The van der Waals surface area contributed by atoms with E-state index in [9.17, 15) is 23.1 Å². The number of nitrogens with one attached hydrogen (secondary N) is 1. The second kappa shape index (κ2) is 8.93. The van der Waals surface area contributed by atoms with Crippen molar-refractivity contribution >= 4 is 5.78 Å². The van der Waals surface area contributed by atoms with Crippen molar-refractivity contribution in [3.63, 3.8) is 0 Å². The molecule has 0 unspecified atom stereocenters. The van der Waals surface area contributed by atoms with E-state index < -0.39 is 11.7 Å². The van der Waals surface area contributed by atoms with Gasteiger partial charge in [-0.2, -0.15) is 13.2 Å². The minimum atomic E-state index is -4.36. The van der Waals surface area contributed by atoms with Crippen LogP contribution >= 0.6 is 0 Å². The van der Waals surface area contributed by atoms with E-state index >= 15 is 0 Å². The quantitative estimate of drug-likeness (QED) is 0.741. The summed E-state index contributed by atoms with van der Waals surface area (Å²) in [5.41, 5.74) is -0.113. The van der Waals surface area contributed by atoms with Crippen molar-refractivity contribution in [2.45, 2.75) is 50.8 Å². The minimum absolute atomic E-state index is 0.0538. The van der Waals surface area contributed by atoms with Crippen molar-refractivity contribution in [2.24, 2.45) is 5.41 Å². The van der Waals surface area contributed by atoms with E-state index in [0.717, 1.165) is 64.0 Å². The first-order chi connectivity index (χ1) is 13.3. The van der Waals surface area contributed by atoms with Crippen LogP contribution in [0.5, 0.6) is 0 Å². The summed E-state index contributed by atoms with van der Waals surface area (Å²) < 4.78 is 38.1. The number of rotatable bonds is 7. The molecule has 0 spiro atoms. The number of alkyl halides is 3. The van der Waals surface area contributed by atoms with Crippen molar-refractivity contribution in [1.82, 2.24) is 10.2 Å². The van der Waals surface area contributed by atoms with E-state index in [2.05, 4.69) is 10.2 Å². The van der Waals surface area contributed by atoms with Gasteiger partial charge >= 0.3 is 6.18 Å². The van der Waals surface area contributed by atoms with Gasteiger partial charge in [0.1, 0.15) is 5.78 Å². The summed E-state index contributed by atoms with van der Waals surface area (Å²) in [4.78, 5) is 15.0. The molecule has 156 valence electrons. The predicted molar refractivity (Wildman–Crippen MR) is 101 cm³/mol. The van der Waals surface area contributed by atoms with E-state index in [4.69, 9.17) is 0 Å². The van der Waals surface area contributed by atoms with Gasteiger partial charge in [-0.05, 0) is 68.4 Å². The maximum atomic E-state index is 12.7. The lowest BCUT2D eigenvalue weighted by molar-refractivity contribution is -0.137. The Hall–Kier alpha value is -1.44. The zero-order valence-electron chi connectivity index (χ0n) is 16.1. The molecule has 2 aliphatic heterocycles. The van der Waals surface area contributed by atoms with E-state index in [-0.39, 0.29) is 23.7 Å². The molecule has 2 aliphatic rings. The van der Waals surface area contributed by atoms with Crippen molar-refractivity contribution < 1.29 is 23.1 Å². The van der Waals surface area contributed by atoms with Crippen LogP contribution in [0.15, 0.2) is 24.3 Å². The van der Waals surface area contributed by atoms with Crippen molar-refractivity contribution in [1.29, 1.82) is 0 Å². The number of nitrogens with zero attached hydrogens (tertiary/aromatic N) is 1. The van der Waals surface area contributed by atoms with E-state index in [1.807, 2.05) is 0 Å². The predicted octanol–water partition coefficient (Wildman–Crippen LogP) is 3.03. The molecule has 2 saturated heterocycles. The molecule has 1 aromatic rings. The van der Waals surface area contributed by atoms with Gasteiger partial charge in [-0.15, -0.1) is 0 Å². The molecule has 1 aromatic carbocycles. The van der Waals surface area contributed by atoms with Crippen LogP contribution in [0.1, 0.15) is 43.2 Å². The topological polar surface area (TPSA) is 52.6 Å². The summed E-state index contributed by atoms with van der Waals surface area (Å²) in [6, 6.07) is 4.89. The van der Waals surface area contributed by atoms with Crippen LogP contribution < -0.4 is 5.32 Å². The van der Waals surface area contributed by atoms with E-state index in [0.29, 0.717) is 18.5 Å². The molecule has 2 N–H and O–H groups in total. The number of β-amino-alcohol motifs (C(OH)–C–C–N with tert-alkyl or cyclic N) is 1. The third-order valence-electron chi connectivity index (χ3n) is 6.12. The van der Waals surface area contributed by atoms with Gasteiger partial charge in [0.25, 0.3) is 0 Å². The number of aliphatic hydroxyl groups excluding tert-OH is 1. The molecule has 1 atom stereocenters. The number of hydrogen-bond donors (Lipinski definition) is 2. The normalized spacial score (nSPS) is 23.1. The van der Waals surface area contributed by atoms with Crippen LogP contribution in [0, 0.1) is 5.41 Å². The molecule has 0 saturated carbocycles. The van der Waals surface area contributed by atoms with Crippen LogP contribution in [-0.4, -0.2) is 54.6 Å². The number of Topliss-reactive ketones (excluding diaryl/α,β-unsaturated/α-hetero) is 1. The van der Waals surface area contributed by atoms with Gasteiger partial charge in [0.2, 0.25) is 0 Å². The summed E-state index contributed by atoms with van der Waals surface area (Å²) in [6.07, 6.45) is -0.372. The SMILES string of the molecule is O=C(Cc1ccc(C(F)(F)F)cc1)CC1(CCN2CC[C@H](O)C2)CCNCC1. The average Bonchev–Trinajstić information content (AvgIpc) is 3.06. The second-order valence-electron chi connectivity index (χ2n) is 8.33. The molecule has 4 nitrogen and oxygen atoms in total. The summed E-state index contributed by atoms with van der Waals surface area (Å²) in [7, 11) is 0. The van der Waals surface area contributed by atoms with Crippen molar-refractivity contribution in [3.05, 3.63) is 35.4 Å². The molecule has 2 fully saturated rings. The second-order valence-corrected chi connectivity index (χ2v) is 8.33. The first-order valence-corrected chi connectivity index (χ1v) is 10.0. The number of carbonyl (C=O) groups excluding carboxylic acids is 1. The molecule has 2 heterocycles. The highest BCUT2D eigenvalue weighted by Crippen LogP contribution is 2.38. The van der Waals surface area contributed by atoms with E-state index in [1.54, 1.807) is 0 Å². The summed E-state index contributed by atoms with van der Waals surface area (Å²) in [6.45, 7) is 4.25. The number of hydrogen-bond acceptors (Lipinski definition) is 4. The van der Waals surface area contributed by atoms with Gasteiger partial charge in [-0.1, -0.05) is 12.1 Å². The number of aliphatic hydroxyl groups is 1. The Labute approximate surface area is 164 Å². The van der Waals surface area contributed by atoms with Crippen molar-refractivity contribution in [3.8, 4) is 0 Å². The third kappa shape index (κ3) is 5.78. The largest absolute Gasteiger partial charge is 0.416 e. The maximum absolute atomic E-state index is 12.7. The maximum Gasteiger partial charge on any atom is 0.416 e. The first kappa shape index (κ1) is 21.3. The third-order valence-corrected chi connectivity index (χ3v) is 6.12. The fourth-order valence-corrected chi connectivity index (χ4v) is 4.40. The molecule has 3 rings (SSSR count). The van der Waals surface area contributed by atoms with Crippen LogP contribution in [0.2, 0.25) is 0 Å². The Bertz CT molecular complexity index is 655. The zero-order chi connectivity index (χ0) is 20.2. The van der Waals surface area contributed by atoms with E-state index in [1.165, 1.54) is 12.1 Å². The summed E-state index contributed by atoms with van der Waals surface area (Å²) >= 11 is 0. The molecule has 7 heteroatoms. The standard InChI is InChI=1S/C21H29F3N2O2/c22-21(23,24)17-3-1-16(2-4-17)13-19(28)14-20(6-9-25-10-7-20)8-12-26-11-5-18(27)15-26/h1-4,18,25,27H,5-15H2/t18-/m0/s1. The van der Waals surface area contributed by atoms with Gasteiger partial charge in [0.15, 0.2) is 0 Å². The van der Waals surface area contributed by atoms with Crippen LogP contribution in [0.3, 0.4) is 0 Å². The zero-order valence-corrected chi connectivity index (χ0v) is 16.1. The Balaban J connectivity index is 1.58. The summed E-state index contributed by atoms with van der Waals surface area (Å²) in [5.74, 6) is 0.0862. The fraction of sp³-hybridized carbons (Fsp3) is 0.667. The lowest BCUT2D eigenvalue weighted by Gasteiger charge is -2.38. The molecule has 0 aliphatic carbocycles. The molecule has 0 bridgehead atoms. The Morgan fingerprint density at radius 1 is 1.21 bits per heavy atom.